The van der Waals surface area contributed by atoms with Crippen molar-refractivity contribution in [1.82, 2.24) is 5.32 Å². The third-order valence-electron chi connectivity index (χ3n) is 9.25. The Morgan fingerprint density at radius 2 is 0.864 bits per heavy atom. The summed E-state index contributed by atoms with van der Waals surface area (Å²) >= 11 is 0. The number of carbonyl (C=O) groups is 1. The quantitative estimate of drug-likeness (QED) is 0.0457. The number of amides is 1. The highest BCUT2D eigenvalue weighted by molar-refractivity contribution is 5.80. The molecule has 6 heteroatoms. The highest BCUT2D eigenvalue weighted by Crippen LogP contribution is 2.17. The van der Waals surface area contributed by atoms with Crippen LogP contribution in [0.1, 0.15) is 201 Å². The summed E-state index contributed by atoms with van der Waals surface area (Å²) < 4.78 is 0. The molecule has 0 heterocycles. The summed E-state index contributed by atoms with van der Waals surface area (Å²) in [6.45, 7) is 6.37. The molecule has 0 aliphatic rings. The Hall–Kier alpha value is -0.690. The number of aliphatic hydroxyl groups excluding tert-OH is 4. The van der Waals surface area contributed by atoms with Crippen LogP contribution in [0.5, 0.6) is 0 Å². The van der Waals surface area contributed by atoms with Gasteiger partial charge in [-0.3, -0.25) is 4.79 Å². The van der Waals surface area contributed by atoms with Gasteiger partial charge in [-0.25, -0.2) is 0 Å². The Morgan fingerprint density at radius 1 is 0.523 bits per heavy atom. The minimum atomic E-state index is -1.25. The van der Waals surface area contributed by atoms with E-state index in [4.69, 9.17) is 0 Å². The summed E-state index contributed by atoms with van der Waals surface area (Å²) in [6, 6.07) is -0.977. The van der Waals surface area contributed by atoms with Crippen molar-refractivity contribution in [2.24, 2.45) is 5.92 Å². The molecular weight excluding hydrogens is 550 g/mol. The van der Waals surface area contributed by atoms with Crippen LogP contribution < -0.4 is 5.32 Å². The first kappa shape index (κ1) is 43.3. The zero-order chi connectivity index (χ0) is 32.7. The number of unbranched alkanes of at least 4 members (excludes halogenated alkanes) is 23. The first-order valence-electron chi connectivity index (χ1n) is 19.3. The fourth-order valence-electron chi connectivity index (χ4n) is 6.12. The SMILES string of the molecule is CCCCCCCCCCCC(O)C(O)C(CO)NC(=O)C(O)CCCCCCCCCCCCCCCCCCC(C)C. The molecule has 6 nitrogen and oxygen atoms in total. The van der Waals surface area contributed by atoms with Crippen LogP contribution in [0.4, 0.5) is 0 Å². The number of hydrogen-bond acceptors (Lipinski definition) is 5. The van der Waals surface area contributed by atoms with Crippen molar-refractivity contribution in [2.45, 2.75) is 225 Å². The Morgan fingerprint density at radius 3 is 1.23 bits per heavy atom. The predicted octanol–water partition coefficient (Wildman–Crippen LogP) is 9.14. The van der Waals surface area contributed by atoms with E-state index >= 15 is 0 Å². The molecule has 4 atom stereocenters. The van der Waals surface area contributed by atoms with E-state index in [2.05, 4.69) is 26.1 Å². The maximum absolute atomic E-state index is 12.4. The maximum atomic E-state index is 12.4. The fourth-order valence-corrected chi connectivity index (χ4v) is 6.12. The molecular formula is C38H77NO5. The lowest BCUT2D eigenvalue weighted by Gasteiger charge is -2.27. The zero-order valence-electron chi connectivity index (χ0n) is 29.6. The molecule has 0 aromatic heterocycles. The molecule has 0 bridgehead atoms. The summed E-state index contributed by atoms with van der Waals surface area (Å²) in [5.74, 6) is 0.268. The zero-order valence-corrected chi connectivity index (χ0v) is 29.6. The van der Waals surface area contributed by atoms with E-state index in [0.717, 1.165) is 44.4 Å². The number of aliphatic hydroxyl groups is 4. The summed E-state index contributed by atoms with van der Waals surface area (Å²) in [5.41, 5.74) is 0. The summed E-state index contributed by atoms with van der Waals surface area (Å²) in [4.78, 5) is 12.4. The van der Waals surface area contributed by atoms with Crippen molar-refractivity contribution < 1.29 is 25.2 Å². The molecule has 0 aromatic rings. The standard InChI is InChI=1S/C38H77NO5/c1-4-5-6-7-8-17-21-24-27-30-35(41)37(43)34(32-40)39-38(44)36(42)31-28-25-22-19-16-14-12-10-9-11-13-15-18-20-23-26-29-33(2)3/h33-37,40-43H,4-32H2,1-3H3,(H,39,44). The van der Waals surface area contributed by atoms with Crippen LogP contribution in [0.2, 0.25) is 0 Å². The summed E-state index contributed by atoms with van der Waals surface area (Å²) in [7, 11) is 0. The van der Waals surface area contributed by atoms with Gasteiger partial charge in [-0.05, 0) is 18.8 Å². The normalized spacial score (nSPS) is 14.5. The number of carbonyl (C=O) groups excluding carboxylic acids is 1. The third-order valence-corrected chi connectivity index (χ3v) is 9.25. The molecule has 44 heavy (non-hydrogen) atoms. The summed E-state index contributed by atoms with van der Waals surface area (Å²) in [6.07, 6.45) is 29.9. The van der Waals surface area contributed by atoms with Gasteiger partial charge in [-0.2, -0.15) is 0 Å². The molecule has 0 spiro atoms. The van der Waals surface area contributed by atoms with E-state index in [-0.39, 0.29) is 0 Å². The van der Waals surface area contributed by atoms with Gasteiger partial charge >= 0.3 is 0 Å². The first-order chi connectivity index (χ1) is 21.3. The molecule has 0 rings (SSSR count). The van der Waals surface area contributed by atoms with Gasteiger partial charge in [0.25, 0.3) is 0 Å². The van der Waals surface area contributed by atoms with Gasteiger partial charge < -0.3 is 25.7 Å². The van der Waals surface area contributed by atoms with E-state index < -0.39 is 36.9 Å². The average molecular weight is 628 g/mol. The molecule has 0 aromatic carbocycles. The molecule has 0 aliphatic carbocycles. The second-order valence-electron chi connectivity index (χ2n) is 14.1. The molecule has 0 radical (unpaired) electrons. The number of nitrogens with one attached hydrogen (secondary N) is 1. The Balaban J connectivity index is 3.71. The summed E-state index contributed by atoms with van der Waals surface area (Å²) in [5, 5.41) is 43.4. The number of hydrogen-bond donors (Lipinski definition) is 5. The van der Waals surface area contributed by atoms with E-state index in [1.165, 1.54) is 128 Å². The lowest BCUT2D eigenvalue weighted by molar-refractivity contribution is -0.132. The van der Waals surface area contributed by atoms with Crippen LogP contribution in [-0.4, -0.2) is 57.3 Å². The Labute approximate surface area is 273 Å². The largest absolute Gasteiger partial charge is 0.394 e. The topological polar surface area (TPSA) is 110 Å². The molecule has 0 aliphatic heterocycles. The number of rotatable bonds is 34. The molecule has 5 N–H and O–H groups in total. The predicted molar refractivity (Wildman–Crippen MR) is 187 cm³/mol. The van der Waals surface area contributed by atoms with Gasteiger partial charge in [-0.1, -0.05) is 188 Å². The van der Waals surface area contributed by atoms with Crippen molar-refractivity contribution in [3.63, 3.8) is 0 Å². The third kappa shape index (κ3) is 27.6. The molecule has 0 fully saturated rings. The lowest BCUT2D eigenvalue weighted by atomic mass is 9.99. The molecule has 0 saturated heterocycles. The van der Waals surface area contributed by atoms with Crippen LogP contribution in [0.3, 0.4) is 0 Å². The Kier molecular flexibility index (Phi) is 31.8. The van der Waals surface area contributed by atoms with E-state index in [1.807, 2.05) is 0 Å². The van der Waals surface area contributed by atoms with Crippen molar-refractivity contribution in [1.29, 1.82) is 0 Å². The maximum Gasteiger partial charge on any atom is 0.249 e. The smallest absolute Gasteiger partial charge is 0.249 e. The van der Waals surface area contributed by atoms with Crippen LogP contribution in [0.25, 0.3) is 0 Å². The van der Waals surface area contributed by atoms with Crippen LogP contribution in [0, 0.1) is 5.92 Å². The average Bonchev–Trinajstić information content (AvgIpc) is 3.01. The van der Waals surface area contributed by atoms with Gasteiger partial charge in [0, 0.05) is 0 Å². The second kappa shape index (κ2) is 32.3. The van der Waals surface area contributed by atoms with Gasteiger partial charge in [-0.15, -0.1) is 0 Å². The second-order valence-corrected chi connectivity index (χ2v) is 14.1. The first-order valence-corrected chi connectivity index (χ1v) is 19.3. The molecule has 0 saturated carbocycles. The van der Waals surface area contributed by atoms with Gasteiger partial charge in [0.05, 0.1) is 18.8 Å². The van der Waals surface area contributed by atoms with Crippen LogP contribution >= 0.6 is 0 Å². The van der Waals surface area contributed by atoms with Crippen LogP contribution in [-0.2, 0) is 4.79 Å². The molecule has 4 unspecified atom stereocenters. The van der Waals surface area contributed by atoms with E-state index in [0.29, 0.717) is 12.8 Å². The lowest BCUT2D eigenvalue weighted by Crippen LogP contribution is -2.53. The van der Waals surface area contributed by atoms with Crippen LogP contribution in [0.15, 0.2) is 0 Å². The minimum Gasteiger partial charge on any atom is -0.394 e. The highest BCUT2D eigenvalue weighted by atomic mass is 16.3. The highest BCUT2D eigenvalue weighted by Gasteiger charge is 2.28. The van der Waals surface area contributed by atoms with E-state index in [1.54, 1.807) is 0 Å². The van der Waals surface area contributed by atoms with Gasteiger partial charge in [0.2, 0.25) is 5.91 Å². The minimum absolute atomic E-state index is 0.374. The fraction of sp³-hybridized carbons (Fsp3) is 0.974. The van der Waals surface area contributed by atoms with Crippen molar-refractivity contribution in [3.8, 4) is 0 Å². The van der Waals surface area contributed by atoms with Gasteiger partial charge in [0.1, 0.15) is 12.2 Å². The van der Waals surface area contributed by atoms with Crippen molar-refractivity contribution >= 4 is 5.91 Å². The molecule has 1 amide bonds. The van der Waals surface area contributed by atoms with E-state index in [9.17, 15) is 25.2 Å². The Bertz CT molecular complexity index is 602. The monoisotopic (exact) mass is 628 g/mol. The molecule has 264 valence electrons. The van der Waals surface area contributed by atoms with Gasteiger partial charge in [0.15, 0.2) is 0 Å². The van der Waals surface area contributed by atoms with Crippen molar-refractivity contribution in [3.05, 3.63) is 0 Å². The van der Waals surface area contributed by atoms with Crippen molar-refractivity contribution in [2.75, 3.05) is 6.61 Å².